The van der Waals surface area contributed by atoms with E-state index in [-0.39, 0.29) is 18.2 Å². The minimum Gasteiger partial charge on any atom is -0.497 e. The Bertz CT molecular complexity index is 1430. The van der Waals surface area contributed by atoms with E-state index < -0.39 is 0 Å². The Kier molecular flexibility index (Phi) is 5.95. The SMILES string of the molecule is COc1ccc(C(CNC(=O)Cc2coc3cc(OC)ccc23)c2c[nH]c3ccccc23)cc1. The molecular weight excluding hydrogens is 428 g/mol. The summed E-state index contributed by atoms with van der Waals surface area (Å²) in [6.45, 7) is 0.469. The normalized spacial score (nSPS) is 12.1. The summed E-state index contributed by atoms with van der Waals surface area (Å²) in [5.41, 5.74) is 4.87. The number of hydrogen-bond donors (Lipinski definition) is 2. The van der Waals surface area contributed by atoms with E-state index in [4.69, 9.17) is 13.9 Å². The van der Waals surface area contributed by atoms with Crippen LogP contribution in [0, 0.1) is 0 Å². The number of methoxy groups -OCH3 is 2. The van der Waals surface area contributed by atoms with Crippen molar-refractivity contribution >= 4 is 27.8 Å². The molecule has 6 nitrogen and oxygen atoms in total. The molecule has 34 heavy (non-hydrogen) atoms. The van der Waals surface area contributed by atoms with Crippen LogP contribution < -0.4 is 14.8 Å². The first kappa shape index (κ1) is 21.6. The number of ether oxygens (including phenoxy) is 2. The minimum absolute atomic E-state index is 0.0173. The number of hydrogen-bond acceptors (Lipinski definition) is 4. The highest BCUT2D eigenvalue weighted by Gasteiger charge is 2.20. The van der Waals surface area contributed by atoms with Crippen LogP contribution in [0.15, 0.2) is 83.6 Å². The second-order valence-corrected chi connectivity index (χ2v) is 8.22. The number of aromatic nitrogens is 1. The quantitative estimate of drug-likeness (QED) is 0.328. The third-order valence-electron chi connectivity index (χ3n) is 6.23. The summed E-state index contributed by atoms with van der Waals surface area (Å²) in [5, 5.41) is 5.20. The molecule has 1 amide bonds. The summed E-state index contributed by atoms with van der Waals surface area (Å²) in [6.07, 6.45) is 3.91. The van der Waals surface area contributed by atoms with Gasteiger partial charge in [-0.1, -0.05) is 30.3 Å². The molecule has 0 fully saturated rings. The van der Waals surface area contributed by atoms with Crippen LogP contribution in [0.3, 0.4) is 0 Å². The number of carbonyl (C=O) groups is 1. The summed E-state index contributed by atoms with van der Waals surface area (Å²) in [7, 11) is 3.27. The standard InChI is InChI=1S/C28H26N2O4/c1-32-20-9-7-18(8-10-20)24(25-16-29-26-6-4-3-5-23(25)26)15-30-28(31)13-19-17-34-27-14-21(33-2)11-12-22(19)27/h3-12,14,16-17,24,29H,13,15H2,1-2H3,(H,30,31). The number of nitrogens with one attached hydrogen (secondary N) is 2. The molecule has 0 aliphatic heterocycles. The Hall–Kier alpha value is -4.19. The predicted octanol–water partition coefficient (Wildman–Crippen LogP) is 5.42. The number of H-pyrrole nitrogens is 1. The van der Waals surface area contributed by atoms with Crippen molar-refractivity contribution in [1.82, 2.24) is 10.3 Å². The summed E-state index contributed by atoms with van der Waals surface area (Å²) < 4.78 is 16.2. The van der Waals surface area contributed by atoms with E-state index in [0.717, 1.165) is 44.5 Å². The molecule has 1 atom stereocenters. The van der Waals surface area contributed by atoms with Crippen LogP contribution in [0.1, 0.15) is 22.6 Å². The van der Waals surface area contributed by atoms with Crippen LogP contribution in [-0.4, -0.2) is 31.7 Å². The maximum absolute atomic E-state index is 12.9. The highest BCUT2D eigenvalue weighted by Crippen LogP contribution is 2.32. The zero-order chi connectivity index (χ0) is 23.5. The molecule has 6 heteroatoms. The largest absolute Gasteiger partial charge is 0.497 e. The highest BCUT2D eigenvalue weighted by molar-refractivity contribution is 5.88. The molecule has 172 valence electrons. The predicted molar refractivity (Wildman–Crippen MR) is 133 cm³/mol. The molecule has 5 aromatic rings. The zero-order valence-electron chi connectivity index (χ0n) is 19.1. The Morgan fingerprint density at radius 3 is 2.53 bits per heavy atom. The number of furan rings is 1. The fraction of sp³-hybridized carbons (Fsp3) is 0.179. The maximum Gasteiger partial charge on any atom is 0.224 e. The molecular formula is C28H26N2O4. The van der Waals surface area contributed by atoms with Crippen molar-refractivity contribution in [3.05, 3.63) is 95.9 Å². The van der Waals surface area contributed by atoms with Crippen LogP contribution in [0.5, 0.6) is 11.5 Å². The van der Waals surface area contributed by atoms with E-state index in [1.54, 1.807) is 20.5 Å². The van der Waals surface area contributed by atoms with Gasteiger partial charge in [0.25, 0.3) is 0 Å². The fourth-order valence-corrected chi connectivity index (χ4v) is 4.40. The average Bonchev–Trinajstić information content (AvgIpc) is 3.48. The van der Waals surface area contributed by atoms with Crippen molar-refractivity contribution in [2.75, 3.05) is 20.8 Å². The van der Waals surface area contributed by atoms with Crippen molar-refractivity contribution < 1.29 is 18.7 Å². The van der Waals surface area contributed by atoms with E-state index in [2.05, 4.69) is 22.4 Å². The lowest BCUT2D eigenvalue weighted by Crippen LogP contribution is -2.30. The van der Waals surface area contributed by atoms with Gasteiger partial charge in [-0.2, -0.15) is 0 Å². The van der Waals surface area contributed by atoms with Crippen molar-refractivity contribution in [2.45, 2.75) is 12.3 Å². The molecule has 3 aromatic carbocycles. The van der Waals surface area contributed by atoms with Crippen LogP contribution in [0.25, 0.3) is 21.9 Å². The molecule has 0 bridgehead atoms. The van der Waals surface area contributed by atoms with Crippen molar-refractivity contribution in [1.29, 1.82) is 0 Å². The van der Waals surface area contributed by atoms with Crippen molar-refractivity contribution in [2.24, 2.45) is 0 Å². The second kappa shape index (κ2) is 9.35. The van der Waals surface area contributed by atoms with Crippen LogP contribution in [-0.2, 0) is 11.2 Å². The van der Waals surface area contributed by atoms with Gasteiger partial charge in [-0.05, 0) is 41.5 Å². The second-order valence-electron chi connectivity index (χ2n) is 8.22. The average molecular weight is 455 g/mol. The summed E-state index contributed by atoms with van der Waals surface area (Å²) >= 11 is 0. The van der Waals surface area contributed by atoms with Gasteiger partial charge in [0.05, 0.1) is 26.9 Å². The summed E-state index contributed by atoms with van der Waals surface area (Å²) in [5.74, 6) is 1.45. The lowest BCUT2D eigenvalue weighted by molar-refractivity contribution is -0.120. The van der Waals surface area contributed by atoms with E-state index in [0.29, 0.717) is 12.1 Å². The molecule has 5 rings (SSSR count). The van der Waals surface area contributed by atoms with Crippen molar-refractivity contribution in [3.63, 3.8) is 0 Å². The van der Waals surface area contributed by atoms with Gasteiger partial charge in [-0.15, -0.1) is 0 Å². The van der Waals surface area contributed by atoms with Crippen LogP contribution >= 0.6 is 0 Å². The number of aromatic amines is 1. The summed E-state index contributed by atoms with van der Waals surface area (Å²) in [4.78, 5) is 16.3. The molecule has 0 saturated heterocycles. The molecule has 0 radical (unpaired) electrons. The van der Waals surface area contributed by atoms with E-state index in [1.807, 2.05) is 60.8 Å². The fourth-order valence-electron chi connectivity index (χ4n) is 4.40. The molecule has 2 N–H and O–H groups in total. The Morgan fingerprint density at radius 2 is 1.74 bits per heavy atom. The molecule has 1 unspecified atom stereocenters. The number of carbonyl (C=O) groups excluding carboxylic acids is 1. The number of fused-ring (bicyclic) bond motifs is 2. The van der Waals surface area contributed by atoms with E-state index in [9.17, 15) is 4.79 Å². The first-order chi connectivity index (χ1) is 16.7. The van der Waals surface area contributed by atoms with Crippen LogP contribution in [0.4, 0.5) is 0 Å². The van der Waals surface area contributed by atoms with E-state index >= 15 is 0 Å². The highest BCUT2D eigenvalue weighted by atomic mass is 16.5. The Labute approximate surface area is 197 Å². The third kappa shape index (κ3) is 4.22. The summed E-state index contributed by atoms with van der Waals surface area (Å²) in [6, 6.07) is 21.8. The monoisotopic (exact) mass is 454 g/mol. The van der Waals surface area contributed by atoms with Gasteiger partial charge in [0.2, 0.25) is 5.91 Å². The number of benzene rings is 3. The minimum atomic E-state index is -0.0585. The molecule has 2 heterocycles. The number of amides is 1. The Morgan fingerprint density at radius 1 is 0.971 bits per heavy atom. The number of para-hydroxylation sites is 1. The lowest BCUT2D eigenvalue weighted by atomic mass is 9.90. The van der Waals surface area contributed by atoms with Gasteiger partial charge < -0.3 is 24.2 Å². The Balaban J connectivity index is 1.37. The smallest absolute Gasteiger partial charge is 0.224 e. The molecule has 2 aromatic heterocycles. The maximum atomic E-state index is 12.9. The molecule has 0 saturated carbocycles. The van der Waals surface area contributed by atoms with Crippen LogP contribution in [0.2, 0.25) is 0 Å². The first-order valence-electron chi connectivity index (χ1n) is 11.2. The lowest BCUT2D eigenvalue weighted by Gasteiger charge is -2.18. The third-order valence-corrected chi connectivity index (χ3v) is 6.23. The van der Waals surface area contributed by atoms with Gasteiger partial charge in [0.1, 0.15) is 17.1 Å². The number of rotatable bonds is 8. The van der Waals surface area contributed by atoms with Gasteiger partial charge in [0.15, 0.2) is 0 Å². The van der Waals surface area contributed by atoms with Gasteiger partial charge in [-0.25, -0.2) is 0 Å². The zero-order valence-corrected chi connectivity index (χ0v) is 19.1. The molecule has 0 aliphatic rings. The van der Waals surface area contributed by atoms with Gasteiger partial charge in [0, 0.05) is 46.6 Å². The van der Waals surface area contributed by atoms with Crippen molar-refractivity contribution in [3.8, 4) is 11.5 Å². The van der Waals surface area contributed by atoms with Gasteiger partial charge in [-0.3, -0.25) is 4.79 Å². The molecule has 0 aliphatic carbocycles. The van der Waals surface area contributed by atoms with E-state index in [1.165, 1.54) is 0 Å². The molecule has 0 spiro atoms. The topological polar surface area (TPSA) is 76.5 Å². The first-order valence-corrected chi connectivity index (χ1v) is 11.2. The van der Waals surface area contributed by atoms with Gasteiger partial charge >= 0.3 is 0 Å².